The van der Waals surface area contributed by atoms with Crippen LogP contribution < -0.4 is 4.74 Å². The van der Waals surface area contributed by atoms with Gasteiger partial charge in [-0.05, 0) is 55.7 Å². The maximum absolute atomic E-state index is 8.12. The van der Waals surface area contributed by atoms with Gasteiger partial charge < -0.3 is 18.9 Å². The van der Waals surface area contributed by atoms with Crippen LogP contribution in [-0.4, -0.2) is 35.4 Å². The minimum Gasteiger partial charge on any atom is -0.497 e. The summed E-state index contributed by atoms with van der Waals surface area (Å²) in [6.45, 7) is 5.66. The van der Waals surface area contributed by atoms with Gasteiger partial charge in [0.25, 0.3) is 0 Å². The minimum absolute atomic E-state index is 0.0177. The smallest absolute Gasteiger partial charge is 0.373 e. The fourth-order valence-corrected chi connectivity index (χ4v) is 7.18. The highest BCUT2D eigenvalue weighted by atomic mass is 16.5. The molecule has 1 aromatic heterocycles. The maximum Gasteiger partial charge on any atom is 0.373 e. The predicted molar refractivity (Wildman–Crippen MR) is 134 cm³/mol. The Labute approximate surface area is 210 Å². The lowest BCUT2D eigenvalue weighted by Gasteiger charge is -2.53. The van der Waals surface area contributed by atoms with Gasteiger partial charge in [0.2, 0.25) is 0 Å². The number of benzene rings is 2. The molecular formula is C30H28N2O4. The molecule has 0 N–H and O–H groups in total. The zero-order valence-electron chi connectivity index (χ0n) is 20.7. The van der Waals surface area contributed by atoms with Crippen LogP contribution in [0, 0.1) is 17.3 Å². The van der Waals surface area contributed by atoms with Gasteiger partial charge in [-0.25, -0.2) is 0 Å². The van der Waals surface area contributed by atoms with Crippen molar-refractivity contribution in [2.24, 2.45) is 5.41 Å². The number of rotatable bonds is 2. The van der Waals surface area contributed by atoms with E-state index in [0.29, 0.717) is 6.04 Å². The zero-order chi connectivity index (χ0) is 25.1. The molecule has 1 saturated heterocycles. The van der Waals surface area contributed by atoms with E-state index >= 15 is 0 Å². The number of carbonyl (C=O) groups excluding carboxylic acids is 2. The number of aromatic nitrogens is 1. The van der Waals surface area contributed by atoms with Crippen molar-refractivity contribution in [2.75, 3.05) is 13.7 Å². The summed E-state index contributed by atoms with van der Waals surface area (Å²) in [5, 5.41) is 1.40. The van der Waals surface area contributed by atoms with Crippen molar-refractivity contribution in [1.82, 2.24) is 9.47 Å². The fraction of sp³-hybridized carbons (Fsp3) is 0.367. The Morgan fingerprint density at radius 1 is 1.11 bits per heavy atom. The SMILES string of the molecule is CC[C@@]12C[C@@]3(C)O[C@@H]1C(C#Cc1ccc(OC)cc1)=CN1CCc4c(n3c3ccccc43)[C@@H]12.O=C=O. The molecule has 0 aliphatic carbocycles. The molecule has 182 valence electrons. The van der Waals surface area contributed by atoms with Crippen LogP contribution in [-0.2, 0) is 26.5 Å². The largest absolute Gasteiger partial charge is 0.497 e. The lowest BCUT2D eigenvalue weighted by Crippen LogP contribution is -2.53. The minimum atomic E-state index is -0.349. The molecule has 0 radical (unpaired) electrons. The maximum atomic E-state index is 8.12. The molecule has 2 bridgehead atoms. The van der Waals surface area contributed by atoms with Gasteiger partial charge in [0.15, 0.2) is 0 Å². The van der Waals surface area contributed by atoms with Gasteiger partial charge in [-0.15, -0.1) is 0 Å². The summed E-state index contributed by atoms with van der Waals surface area (Å²) in [6.07, 6.45) is 5.74. The summed E-state index contributed by atoms with van der Waals surface area (Å²) in [7, 11) is 1.69. The molecule has 6 nitrogen and oxygen atoms in total. The first-order valence-corrected chi connectivity index (χ1v) is 12.4. The standard InChI is InChI=1S/C29H28N2O2.CO2/c1-4-29-18-28(2)31-24-8-6-5-7-22(24)23-15-16-30(26(29)25(23)31)17-20(27(29)33-28)12-9-19-10-13-21(32-3)14-11-19;2-1-3/h5-8,10-11,13-14,17,26-27H,4,15-16,18H2,1-3H3;/t26-,27-,28-,29+;/m1./s1. The highest BCUT2D eigenvalue weighted by molar-refractivity contribution is 5.87. The van der Waals surface area contributed by atoms with Crippen molar-refractivity contribution in [2.45, 2.75) is 51.0 Å². The van der Waals surface area contributed by atoms with Crippen LogP contribution in [0.3, 0.4) is 0 Å². The summed E-state index contributed by atoms with van der Waals surface area (Å²) in [5.41, 5.74) is 6.14. The van der Waals surface area contributed by atoms with Crippen LogP contribution >= 0.6 is 0 Å². The highest BCUT2D eigenvalue weighted by Gasteiger charge is 2.67. The Bertz CT molecular complexity index is 1480. The number of nitrogens with zero attached hydrogens (tertiary/aromatic N) is 2. The van der Waals surface area contributed by atoms with Crippen molar-refractivity contribution in [3.05, 3.63) is 77.1 Å². The van der Waals surface area contributed by atoms with Crippen molar-refractivity contribution < 1.29 is 19.1 Å². The highest BCUT2D eigenvalue weighted by Crippen LogP contribution is 2.67. The van der Waals surface area contributed by atoms with Crippen molar-refractivity contribution in [1.29, 1.82) is 0 Å². The van der Waals surface area contributed by atoms with E-state index in [0.717, 1.165) is 42.7 Å². The molecular weight excluding hydrogens is 452 g/mol. The summed E-state index contributed by atoms with van der Waals surface area (Å²) in [5.74, 6) is 7.78. The molecule has 4 atom stereocenters. The molecule has 6 heteroatoms. The van der Waals surface area contributed by atoms with Crippen LogP contribution in [0.2, 0.25) is 0 Å². The summed E-state index contributed by atoms with van der Waals surface area (Å²) in [6, 6.07) is 17.2. The lowest BCUT2D eigenvalue weighted by molar-refractivity contribution is -0.191. The normalized spacial score (nSPS) is 28.3. The van der Waals surface area contributed by atoms with Crippen molar-refractivity contribution in [3.63, 3.8) is 0 Å². The molecule has 4 aliphatic rings. The van der Waals surface area contributed by atoms with Crippen LogP contribution in [0.15, 0.2) is 60.3 Å². The van der Waals surface area contributed by atoms with Gasteiger partial charge in [0, 0.05) is 46.8 Å². The Kier molecular flexibility index (Phi) is 5.12. The average Bonchev–Trinajstić information content (AvgIpc) is 3.39. The van der Waals surface area contributed by atoms with Gasteiger partial charge >= 0.3 is 6.15 Å². The molecule has 1 fully saturated rings. The van der Waals surface area contributed by atoms with Crippen LogP contribution in [0.4, 0.5) is 0 Å². The second-order valence-corrected chi connectivity index (χ2v) is 10.2. The molecule has 5 heterocycles. The first-order valence-electron chi connectivity index (χ1n) is 12.4. The van der Waals surface area contributed by atoms with Gasteiger partial charge in [-0.3, -0.25) is 0 Å². The number of para-hydroxylation sites is 1. The third-order valence-electron chi connectivity index (χ3n) is 8.49. The van der Waals surface area contributed by atoms with Crippen LogP contribution in [0.5, 0.6) is 5.75 Å². The third kappa shape index (κ3) is 2.97. The molecule has 0 amide bonds. The molecule has 0 spiro atoms. The van der Waals surface area contributed by atoms with Crippen molar-refractivity contribution >= 4 is 17.1 Å². The molecule has 4 aliphatic heterocycles. The Morgan fingerprint density at radius 2 is 1.86 bits per heavy atom. The van der Waals surface area contributed by atoms with E-state index in [4.69, 9.17) is 19.1 Å². The Hall–Kier alpha value is -3.78. The van der Waals surface area contributed by atoms with E-state index in [1.165, 1.54) is 22.2 Å². The second kappa shape index (κ2) is 8.13. The van der Waals surface area contributed by atoms with E-state index in [1.807, 2.05) is 24.3 Å². The number of methoxy groups -OCH3 is 1. The molecule has 36 heavy (non-hydrogen) atoms. The summed E-state index contributed by atoms with van der Waals surface area (Å²) < 4.78 is 14.9. The van der Waals surface area contributed by atoms with Gasteiger partial charge in [-0.1, -0.05) is 37.0 Å². The number of fused-ring (bicyclic) bond motifs is 5. The topological polar surface area (TPSA) is 60.8 Å². The fourth-order valence-electron chi connectivity index (χ4n) is 7.18. The van der Waals surface area contributed by atoms with E-state index in [9.17, 15) is 0 Å². The van der Waals surface area contributed by atoms with Crippen LogP contribution in [0.1, 0.15) is 49.6 Å². The monoisotopic (exact) mass is 480 g/mol. The van der Waals surface area contributed by atoms with E-state index < -0.39 is 0 Å². The van der Waals surface area contributed by atoms with E-state index in [2.05, 4.69) is 65.6 Å². The van der Waals surface area contributed by atoms with Gasteiger partial charge in [0.1, 0.15) is 17.6 Å². The Balaban J connectivity index is 0.000000765. The Morgan fingerprint density at radius 3 is 2.58 bits per heavy atom. The average molecular weight is 481 g/mol. The van der Waals surface area contributed by atoms with Crippen LogP contribution in [0.25, 0.3) is 10.9 Å². The molecule has 0 saturated carbocycles. The third-order valence-corrected chi connectivity index (χ3v) is 8.49. The molecule has 3 aromatic rings. The van der Waals surface area contributed by atoms with E-state index in [-0.39, 0.29) is 23.4 Å². The van der Waals surface area contributed by atoms with Gasteiger partial charge in [-0.2, -0.15) is 9.59 Å². The summed E-state index contributed by atoms with van der Waals surface area (Å²) in [4.78, 5) is 18.8. The molecule has 0 unspecified atom stereocenters. The molecule has 7 rings (SSSR count). The predicted octanol–water partition coefficient (Wildman–Crippen LogP) is 4.79. The second-order valence-electron chi connectivity index (χ2n) is 10.2. The summed E-state index contributed by atoms with van der Waals surface area (Å²) >= 11 is 0. The first-order chi connectivity index (χ1) is 17.5. The lowest BCUT2D eigenvalue weighted by atomic mass is 9.63. The van der Waals surface area contributed by atoms with E-state index in [1.54, 1.807) is 7.11 Å². The van der Waals surface area contributed by atoms with Crippen molar-refractivity contribution in [3.8, 4) is 17.6 Å². The molecule has 2 aromatic carbocycles. The van der Waals surface area contributed by atoms with Gasteiger partial charge in [0.05, 0.1) is 18.7 Å². The quantitative estimate of drug-likeness (QED) is 0.494. The number of hydrogen-bond donors (Lipinski definition) is 0. The zero-order valence-corrected chi connectivity index (χ0v) is 20.7. The first kappa shape index (κ1) is 22.7. The number of hydrogen-bond acceptors (Lipinski definition) is 5. The number of ether oxygens (including phenoxy) is 2.